The van der Waals surface area contributed by atoms with Crippen molar-refractivity contribution < 1.29 is 14.3 Å². The highest BCUT2D eigenvalue weighted by molar-refractivity contribution is 5.94. The van der Waals surface area contributed by atoms with E-state index in [0.717, 1.165) is 22.6 Å². The summed E-state index contributed by atoms with van der Waals surface area (Å²) in [6, 6.07) is 16.3. The average molecular weight is 417 g/mol. The number of rotatable bonds is 7. The minimum atomic E-state index is -0.602. The normalized spacial score (nSPS) is 11.2. The number of nitrogens with zero attached hydrogens (tertiary/aromatic N) is 4. The van der Waals surface area contributed by atoms with E-state index in [1.807, 2.05) is 51.2 Å². The first kappa shape index (κ1) is 21.6. The first-order valence-corrected chi connectivity index (χ1v) is 9.64. The van der Waals surface area contributed by atoms with Crippen LogP contribution < -0.4 is 5.32 Å². The number of benzene rings is 2. The Balaban J connectivity index is 1.47. The third-order valence-electron chi connectivity index (χ3n) is 4.48. The van der Waals surface area contributed by atoms with Gasteiger partial charge in [-0.25, -0.2) is 4.79 Å². The topological polar surface area (TPSA) is 97.9 Å². The molecule has 0 saturated carbocycles. The summed E-state index contributed by atoms with van der Waals surface area (Å²) in [5.74, 6) is -1.04. The van der Waals surface area contributed by atoms with Crippen molar-refractivity contribution in [1.29, 1.82) is 0 Å². The molecule has 8 heteroatoms. The maximum atomic E-state index is 12.0. The van der Waals surface area contributed by atoms with Gasteiger partial charge in [0.15, 0.2) is 6.61 Å². The maximum absolute atomic E-state index is 12.0. The highest BCUT2D eigenvalue weighted by atomic mass is 16.5. The van der Waals surface area contributed by atoms with Crippen LogP contribution in [0.2, 0.25) is 0 Å². The molecule has 0 radical (unpaired) electrons. The minimum Gasteiger partial charge on any atom is -0.452 e. The van der Waals surface area contributed by atoms with Gasteiger partial charge in [0.2, 0.25) is 0 Å². The van der Waals surface area contributed by atoms with Crippen LogP contribution >= 0.6 is 0 Å². The lowest BCUT2D eigenvalue weighted by Gasteiger charge is -2.05. The highest BCUT2D eigenvalue weighted by Gasteiger charge is 2.09. The fraction of sp³-hybridized carbons (Fsp3) is 0.174. The number of carbonyl (C=O) groups is 2. The zero-order valence-electron chi connectivity index (χ0n) is 17.6. The SMILES string of the molecule is Cc1nn(C)c(C)c1/C=C/C(=O)OCC(=O)Nc1ccc(N=Nc2ccccc2)cc1. The lowest BCUT2D eigenvalue weighted by Crippen LogP contribution is -2.20. The number of azo groups is 1. The monoisotopic (exact) mass is 417 g/mol. The van der Waals surface area contributed by atoms with Crippen molar-refractivity contribution in [2.45, 2.75) is 13.8 Å². The van der Waals surface area contributed by atoms with Gasteiger partial charge in [0.05, 0.1) is 17.1 Å². The summed E-state index contributed by atoms with van der Waals surface area (Å²) in [6.45, 7) is 3.39. The second kappa shape index (κ2) is 10.1. The van der Waals surface area contributed by atoms with E-state index in [1.165, 1.54) is 6.08 Å². The Kier molecular flexibility index (Phi) is 7.05. The van der Waals surface area contributed by atoms with Crippen LogP contribution in [0.5, 0.6) is 0 Å². The zero-order valence-corrected chi connectivity index (χ0v) is 17.6. The molecule has 158 valence electrons. The second-order valence-corrected chi connectivity index (χ2v) is 6.78. The van der Waals surface area contributed by atoms with E-state index in [1.54, 1.807) is 35.0 Å². The fourth-order valence-corrected chi connectivity index (χ4v) is 2.79. The van der Waals surface area contributed by atoms with Crippen molar-refractivity contribution in [3.05, 3.63) is 77.6 Å². The molecule has 0 spiro atoms. The van der Waals surface area contributed by atoms with Gasteiger partial charge in [0, 0.05) is 30.1 Å². The van der Waals surface area contributed by atoms with Crippen molar-refractivity contribution >= 4 is 35.0 Å². The van der Waals surface area contributed by atoms with Gasteiger partial charge in [0.1, 0.15) is 0 Å². The summed E-state index contributed by atoms with van der Waals surface area (Å²) in [6.07, 6.45) is 2.93. The number of nitrogens with one attached hydrogen (secondary N) is 1. The number of aromatic nitrogens is 2. The smallest absolute Gasteiger partial charge is 0.331 e. The van der Waals surface area contributed by atoms with Gasteiger partial charge in [-0.3, -0.25) is 9.48 Å². The third kappa shape index (κ3) is 6.20. The Labute approximate surface area is 180 Å². The van der Waals surface area contributed by atoms with E-state index in [9.17, 15) is 9.59 Å². The van der Waals surface area contributed by atoms with Gasteiger partial charge in [-0.1, -0.05) is 18.2 Å². The average Bonchev–Trinajstić information content (AvgIpc) is 3.02. The number of anilines is 1. The number of esters is 1. The molecule has 2 aromatic carbocycles. The predicted molar refractivity (Wildman–Crippen MR) is 118 cm³/mol. The summed E-state index contributed by atoms with van der Waals surface area (Å²) in [7, 11) is 1.83. The Morgan fingerprint density at radius 3 is 2.29 bits per heavy atom. The second-order valence-electron chi connectivity index (χ2n) is 6.78. The van der Waals surface area contributed by atoms with Crippen molar-refractivity contribution in [2.24, 2.45) is 17.3 Å². The van der Waals surface area contributed by atoms with Crippen LogP contribution in [0.4, 0.5) is 17.1 Å². The van der Waals surface area contributed by atoms with Crippen molar-refractivity contribution in [1.82, 2.24) is 9.78 Å². The van der Waals surface area contributed by atoms with Gasteiger partial charge in [0.25, 0.3) is 5.91 Å². The molecule has 0 bridgehead atoms. The molecule has 0 aliphatic rings. The minimum absolute atomic E-state index is 0.385. The van der Waals surface area contributed by atoms with E-state index >= 15 is 0 Å². The van der Waals surface area contributed by atoms with E-state index < -0.39 is 11.9 Å². The number of amides is 1. The third-order valence-corrected chi connectivity index (χ3v) is 4.48. The molecule has 1 aromatic heterocycles. The molecule has 1 amide bonds. The van der Waals surface area contributed by atoms with Crippen LogP contribution in [-0.4, -0.2) is 28.3 Å². The molecular formula is C23H23N5O3. The van der Waals surface area contributed by atoms with Gasteiger partial charge >= 0.3 is 5.97 Å². The van der Waals surface area contributed by atoms with Crippen LogP contribution in [0.1, 0.15) is 17.0 Å². The van der Waals surface area contributed by atoms with Crippen molar-refractivity contribution in [3.8, 4) is 0 Å². The molecule has 0 atom stereocenters. The standard InChI is InChI=1S/C23H23N5O3/c1-16-21(17(2)28(3)27-16)13-14-23(30)31-15-22(29)24-18-9-11-20(12-10-18)26-25-19-7-5-4-6-8-19/h4-14H,15H2,1-3H3,(H,24,29)/b14-13+,26-25?. The van der Waals surface area contributed by atoms with Crippen LogP contribution in [0.25, 0.3) is 6.08 Å². The quantitative estimate of drug-likeness (QED) is 0.344. The number of aryl methyl sites for hydroxylation is 2. The molecule has 0 aliphatic heterocycles. The summed E-state index contributed by atoms with van der Waals surface area (Å²) in [5, 5.41) is 15.2. The van der Waals surface area contributed by atoms with Crippen molar-refractivity contribution in [2.75, 3.05) is 11.9 Å². The van der Waals surface area contributed by atoms with Gasteiger partial charge in [-0.2, -0.15) is 15.3 Å². The largest absolute Gasteiger partial charge is 0.452 e. The first-order chi connectivity index (χ1) is 14.9. The van der Waals surface area contributed by atoms with E-state index in [2.05, 4.69) is 20.6 Å². The predicted octanol–water partition coefficient (Wildman–Crippen LogP) is 4.65. The molecule has 3 rings (SSSR count). The van der Waals surface area contributed by atoms with Gasteiger partial charge in [-0.15, -0.1) is 0 Å². The molecule has 0 fully saturated rings. The zero-order chi connectivity index (χ0) is 22.2. The number of carbonyl (C=O) groups excluding carboxylic acids is 2. The number of hydrogen-bond acceptors (Lipinski definition) is 6. The molecular weight excluding hydrogens is 394 g/mol. The first-order valence-electron chi connectivity index (χ1n) is 9.64. The van der Waals surface area contributed by atoms with E-state index in [4.69, 9.17) is 4.74 Å². The fourth-order valence-electron chi connectivity index (χ4n) is 2.79. The molecule has 0 aliphatic carbocycles. The summed E-state index contributed by atoms with van der Waals surface area (Å²) >= 11 is 0. The highest BCUT2D eigenvalue weighted by Crippen LogP contribution is 2.20. The van der Waals surface area contributed by atoms with E-state index in [-0.39, 0.29) is 6.61 Å². The summed E-state index contributed by atoms with van der Waals surface area (Å²) in [4.78, 5) is 23.9. The van der Waals surface area contributed by atoms with Crippen LogP contribution in [0.15, 0.2) is 70.9 Å². The number of hydrogen-bond donors (Lipinski definition) is 1. The molecule has 1 heterocycles. The Bertz CT molecular complexity index is 1120. The van der Waals surface area contributed by atoms with Crippen LogP contribution in [0, 0.1) is 13.8 Å². The van der Waals surface area contributed by atoms with E-state index in [0.29, 0.717) is 11.4 Å². The molecule has 31 heavy (non-hydrogen) atoms. The van der Waals surface area contributed by atoms with Crippen LogP contribution in [-0.2, 0) is 21.4 Å². The molecule has 8 nitrogen and oxygen atoms in total. The van der Waals surface area contributed by atoms with Crippen LogP contribution in [0.3, 0.4) is 0 Å². The van der Waals surface area contributed by atoms with Crippen molar-refractivity contribution in [3.63, 3.8) is 0 Å². The Morgan fingerprint density at radius 2 is 1.68 bits per heavy atom. The summed E-state index contributed by atoms with van der Waals surface area (Å²) < 4.78 is 6.74. The Morgan fingerprint density at radius 1 is 1.03 bits per heavy atom. The molecule has 3 aromatic rings. The van der Waals surface area contributed by atoms with Gasteiger partial charge in [-0.05, 0) is 56.3 Å². The molecule has 1 N–H and O–H groups in total. The van der Waals surface area contributed by atoms with Gasteiger partial charge < -0.3 is 10.1 Å². The lowest BCUT2D eigenvalue weighted by atomic mass is 10.2. The Hall–Kier alpha value is -4.07. The number of ether oxygens (including phenoxy) is 1. The molecule has 0 saturated heterocycles. The maximum Gasteiger partial charge on any atom is 0.331 e. The lowest BCUT2D eigenvalue weighted by molar-refractivity contribution is -0.142. The molecule has 0 unspecified atom stereocenters. The summed E-state index contributed by atoms with van der Waals surface area (Å²) in [5.41, 5.74) is 4.58.